The number of carbonyl (C=O) groups is 1. The van der Waals surface area contributed by atoms with Crippen LogP contribution < -0.4 is 0 Å². The number of alkyl halides is 1. The van der Waals surface area contributed by atoms with Gasteiger partial charge in [-0.25, -0.2) is 8.78 Å². The molecule has 0 amide bonds. The van der Waals surface area contributed by atoms with Gasteiger partial charge in [-0.15, -0.1) is 11.6 Å². The van der Waals surface area contributed by atoms with Gasteiger partial charge in [0.15, 0.2) is 0 Å². The molecule has 0 saturated carbocycles. The molecule has 0 spiro atoms. The number of carboxylic acids is 1. The molecule has 0 radical (unpaired) electrons. The molecule has 76 valence electrons. The van der Waals surface area contributed by atoms with Crippen LogP contribution in [-0.4, -0.2) is 11.1 Å². The molecule has 5 heteroatoms. The van der Waals surface area contributed by atoms with E-state index in [0.717, 1.165) is 12.1 Å². The first-order valence-electron chi connectivity index (χ1n) is 3.79. The van der Waals surface area contributed by atoms with Gasteiger partial charge in [-0.05, 0) is 12.1 Å². The smallest absolute Gasteiger partial charge is 0.307 e. The highest BCUT2D eigenvalue weighted by Gasteiger charge is 2.15. The van der Waals surface area contributed by atoms with Crippen LogP contribution in [0.2, 0.25) is 0 Å². The van der Waals surface area contributed by atoms with Gasteiger partial charge in [0.1, 0.15) is 11.6 Å². The molecule has 1 N–H and O–H groups in total. The zero-order valence-electron chi connectivity index (χ0n) is 7.06. The summed E-state index contributed by atoms with van der Waals surface area (Å²) >= 11 is 5.39. The summed E-state index contributed by atoms with van der Waals surface area (Å²) in [7, 11) is 0. The summed E-state index contributed by atoms with van der Waals surface area (Å²) in [6.07, 6.45) is -0.564. The summed E-state index contributed by atoms with van der Waals surface area (Å²) in [6.45, 7) is 0. The first-order valence-corrected chi connectivity index (χ1v) is 4.33. The summed E-state index contributed by atoms with van der Waals surface area (Å²) < 4.78 is 26.1. The van der Waals surface area contributed by atoms with E-state index in [1.54, 1.807) is 0 Å². The second kappa shape index (κ2) is 4.37. The Hall–Kier alpha value is -1.16. The van der Waals surface area contributed by atoms with Gasteiger partial charge in [-0.2, -0.15) is 0 Å². The number of hydrogen-bond donors (Lipinski definition) is 1. The van der Waals surface area contributed by atoms with Gasteiger partial charge in [-0.1, -0.05) is 0 Å². The van der Waals surface area contributed by atoms with Crippen LogP contribution >= 0.6 is 11.6 Å². The molecular formula is C9H7ClF2O2. The second-order valence-corrected chi connectivity index (χ2v) is 2.96. The van der Waals surface area contributed by atoms with Gasteiger partial charge in [-0.3, -0.25) is 4.79 Å². The number of carboxylic acid groups (broad SMARTS) is 1. The minimum absolute atomic E-state index is 0.0888. The molecule has 1 rings (SSSR count). The highest BCUT2D eigenvalue weighted by atomic mass is 35.5. The zero-order chi connectivity index (χ0) is 10.7. The normalized spacial score (nSPS) is 10.2. The summed E-state index contributed by atoms with van der Waals surface area (Å²) in [5.74, 6) is -2.89. The highest BCUT2D eigenvalue weighted by Crippen LogP contribution is 2.20. The molecule has 0 bridgehead atoms. The second-order valence-electron chi connectivity index (χ2n) is 2.69. The predicted octanol–water partition coefficient (Wildman–Crippen LogP) is 2.33. The van der Waals surface area contributed by atoms with Crippen LogP contribution in [0.1, 0.15) is 11.1 Å². The van der Waals surface area contributed by atoms with E-state index in [-0.39, 0.29) is 17.0 Å². The monoisotopic (exact) mass is 220 g/mol. The first-order chi connectivity index (χ1) is 6.56. The van der Waals surface area contributed by atoms with E-state index >= 15 is 0 Å². The first kappa shape index (κ1) is 10.9. The molecule has 1 aromatic carbocycles. The Balaban J connectivity index is 3.22. The highest BCUT2D eigenvalue weighted by molar-refractivity contribution is 6.17. The van der Waals surface area contributed by atoms with Crippen molar-refractivity contribution >= 4 is 17.6 Å². The fraction of sp³-hybridized carbons (Fsp3) is 0.222. The van der Waals surface area contributed by atoms with E-state index in [1.807, 2.05) is 0 Å². The van der Waals surface area contributed by atoms with Crippen LogP contribution in [0, 0.1) is 11.6 Å². The molecule has 0 aliphatic heterocycles. The minimum Gasteiger partial charge on any atom is -0.481 e. The van der Waals surface area contributed by atoms with E-state index in [1.165, 1.54) is 0 Å². The van der Waals surface area contributed by atoms with Crippen molar-refractivity contribution in [2.45, 2.75) is 12.3 Å². The minimum atomic E-state index is -1.22. The zero-order valence-corrected chi connectivity index (χ0v) is 7.81. The number of aliphatic carboxylic acids is 1. The lowest BCUT2D eigenvalue weighted by Gasteiger charge is -2.06. The van der Waals surface area contributed by atoms with Crippen molar-refractivity contribution in [3.8, 4) is 0 Å². The molecule has 0 heterocycles. The van der Waals surface area contributed by atoms with Crippen molar-refractivity contribution in [1.82, 2.24) is 0 Å². The molecule has 14 heavy (non-hydrogen) atoms. The Morgan fingerprint density at radius 2 is 1.79 bits per heavy atom. The Morgan fingerprint density at radius 1 is 1.29 bits per heavy atom. The maximum Gasteiger partial charge on any atom is 0.307 e. The Labute approximate surface area is 84.1 Å². The lowest BCUT2D eigenvalue weighted by Crippen LogP contribution is -2.07. The quantitative estimate of drug-likeness (QED) is 0.794. The number of rotatable bonds is 3. The fourth-order valence-electron chi connectivity index (χ4n) is 1.12. The van der Waals surface area contributed by atoms with Crippen molar-refractivity contribution in [2.75, 3.05) is 0 Å². The average Bonchev–Trinajstić information content (AvgIpc) is 2.11. The topological polar surface area (TPSA) is 37.3 Å². The van der Waals surface area contributed by atoms with E-state index in [2.05, 4.69) is 0 Å². The van der Waals surface area contributed by atoms with Crippen molar-refractivity contribution in [1.29, 1.82) is 0 Å². The largest absolute Gasteiger partial charge is 0.481 e. The molecule has 0 fully saturated rings. The Kier molecular flexibility index (Phi) is 3.41. The van der Waals surface area contributed by atoms with Gasteiger partial charge in [0.05, 0.1) is 12.3 Å². The van der Waals surface area contributed by atoms with E-state index in [4.69, 9.17) is 16.7 Å². The summed E-state index contributed by atoms with van der Waals surface area (Å²) in [5.41, 5.74) is -0.276. The maximum atomic E-state index is 13.1. The number of halogens is 3. The van der Waals surface area contributed by atoms with Crippen molar-refractivity contribution < 1.29 is 18.7 Å². The van der Waals surface area contributed by atoms with Gasteiger partial charge in [0.2, 0.25) is 0 Å². The Bertz CT molecular complexity index is 366. The van der Waals surface area contributed by atoms with Crippen molar-refractivity contribution in [2.24, 2.45) is 0 Å². The third-order valence-electron chi connectivity index (χ3n) is 1.78. The van der Waals surface area contributed by atoms with Crippen LogP contribution in [-0.2, 0) is 17.1 Å². The van der Waals surface area contributed by atoms with Crippen molar-refractivity contribution in [3.63, 3.8) is 0 Å². The number of benzene rings is 1. The molecule has 0 unspecified atom stereocenters. The molecule has 0 aliphatic carbocycles. The average molecular weight is 221 g/mol. The van der Waals surface area contributed by atoms with Crippen LogP contribution in [0.5, 0.6) is 0 Å². The molecule has 0 aliphatic rings. The summed E-state index contributed by atoms with van der Waals surface area (Å²) in [6, 6.07) is 1.82. The van der Waals surface area contributed by atoms with Gasteiger partial charge in [0, 0.05) is 11.1 Å². The summed E-state index contributed by atoms with van der Waals surface area (Å²) in [4.78, 5) is 10.4. The van der Waals surface area contributed by atoms with Gasteiger partial charge < -0.3 is 5.11 Å². The molecule has 0 saturated heterocycles. The Morgan fingerprint density at radius 3 is 2.21 bits per heavy atom. The maximum absolute atomic E-state index is 13.1. The van der Waals surface area contributed by atoms with Crippen LogP contribution in [0.25, 0.3) is 0 Å². The van der Waals surface area contributed by atoms with Gasteiger partial charge >= 0.3 is 5.97 Å². The predicted molar refractivity (Wildman–Crippen MR) is 47.3 cm³/mol. The SMILES string of the molecule is O=C(O)Cc1c(F)ccc(F)c1CCl. The van der Waals surface area contributed by atoms with E-state index in [9.17, 15) is 13.6 Å². The molecule has 2 nitrogen and oxygen atoms in total. The van der Waals surface area contributed by atoms with Crippen molar-refractivity contribution in [3.05, 3.63) is 34.9 Å². The van der Waals surface area contributed by atoms with Crippen LogP contribution in [0.4, 0.5) is 8.78 Å². The van der Waals surface area contributed by atoms with Crippen LogP contribution in [0.15, 0.2) is 12.1 Å². The lowest BCUT2D eigenvalue weighted by molar-refractivity contribution is -0.136. The molecule has 0 aromatic heterocycles. The molecule has 0 atom stereocenters. The molecular weight excluding hydrogens is 214 g/mol. The molecule has 1 aromatic rings. The third kappa shape index (κ3) is 2.20. The van der Waals surface area contributed by atoms with Crippen LogP contribution in [0.3, 0.4) is 0 Å². The number of hydrogen-bond acceptors (Lipinski definition) is 1. The van der Waals surface area contributed by atoms with Gasteiger partial charge in [0.25, 0.3) is 0 Å². The lowest BCUT2D eigenvalue weighted by atomic mass is 10.0. The third-order valence-corrected chi connectivity index (χ3v) is 2.05. The standard InChI is InChI=1S/C9H7ClF2O2/c10-4-6-5(3-9(13)14)7(11)1-2-8(6)12/h1-2H,3-4H2,(H,13,14). The fourth-order valence-corrected chi connectivity index (χ4v) is 1.41. The van der Waals surface area contributed by atoms with E-state index < -0.39 is 24.0 Å². The summed E-state index contributed by atoms with van der Waals surface area (Å²) in [5, 5.41) is 8.47. The van der Waals surface area contributed by atoms with E-state index in [0.29, 0.717) is 0 Å².